The van der Waals surface area contributed by atoms with Crippen molar-refractivity contribution in [2.75, 3.05) is 5.32 Å². The van der Waals surface area contributed by atoms with Crippen LogP contribution in [0.1, 0.15) is 25.8 Å². The maximum atomic E-state index is 12.3. The predicted molar refractivity (Wildman–Crippen MR) is 87.1 cm³/mol. The van der Waals surface area contributed by atoms with Crippen LogP contribution in [0.3, 0.4) is 0 Å². The Labute approximate surface area is 131 Å². The molecule has 1 heterocycles. The highest BCUT2D eigenvalue weighted by atomic mass is 32.2. The molecule has 0 radical (unpaired) electrons. The number of hydrogen-bond donors (Lipinski definition) is 2. The van der Waals surface area contributed by atoms with E-state index in [1.54, 1.807) is 29.1 Å². The molecule has 2 rings (SSSR count). The molecule has 0 aliphatic heterocycles. The first-order valence-electron chi connectivity index (χ1n) is 7.24. The Kier molecular flexibility index (Phi) is 5.20. The third-order valence-electron chi connectivity index (χ3n) is 3.37. The molecule has 0 saturated heterocycles. The monoisotopic (exact) mass is 322 g/mol. The Hall–Kier alpha value is -1.86. The molecule has 0 aliphatic carbocycles. The van der Waals surface area contributed by atoms with Crippen molar-refractivity contribution >= 4 is 15.7 Å². The lowest BCUT2D eigenvalue weighted by Crippen LogP contribution is -2.32. The van der Waals surface area contributed by atoms with E-state index in [0.717, 1.165) is 17.7 Å². The van der Waals surface area contributed by atoms with E-state index in [1.807, 2.05) is 33.2 Å². The Bertz CT molecular complexity index is 725. The Morgan fingerprint density at radius 2 is 2.14 bits per heavy atom. The van der Waals surface area contributed by atoms with E-state index >= 15 is 0 Å². The average molecular weight is 322 g/mol. The molecule has 0 spiro atoms. The standard InChI is InChI=1S/C15H22N4O2S/c1-4-12(2)18-22(20,21)15-7-5-6-14(8-15)16-9-13-10-17-19(3)11-13/h5-8,10-12,16,18H,4,9H2,1-3H3. The number of benzene rings is 1. The summed E-state index contributed by atoms with van der Waals surface area (Å²) < 4.78 is 28.9. The maximum Gasteiger partial charge on any atom is 0.240 e. The molecule has 6 nitrogen and oxygen atoms in total. The Balaban J connectivity index is 2.09. The second-order valence-electron chi connectivity index (χ2n) is 5.33. The highest BCUT2D eigenvalue weighted by Gasteiger charge is 2.16. The van der Waals surface area contributed by atoms with Crippen LogP contribution in [0.5, 0.6) is 0 Å². The number of aromatic nitrogens is 2. The zero-order valence-electron chi connectivity index (χ0n) is 13.1. The van der Waals surface area contributed by atoms with Gasteiger partial charge in [0.05, 0.1) is 11.1 Å². The van der Waals surface area contributed by atoms with E-state index in [0.29, 0.717) is 6.54 Å². The maximum absolute atomic E-state index is 12.3. The average Bonchev–Trinajstić information content (AvgIpc) is 2.90. The first-order chi connectivity index (χ1) is 10.4. The van der Waals surface area contributed by atoms with Crippen molar-refractivity contribution in [2.24, 2.45) is 7.05 Å². The summed E-state index contributed by atoms with van der Waals surface area (Å²) in [5.41, 5.74) is 1.80. The second-order valence-corrected chi connectivity index (χ2v) is 7.05. The van der Waals surface area contributed by atoms with Crippen LogP contribution >= 0.6 is 0 Å². The van der Waals surface area contributed by atoms with E-state index in [2.05, 4.69) is 15.1 Å². The fraction of sp³-hybridized carbons (Fsp3) is 0.400. The van der Waals surface area contributed by atoms with Crippen molar-refractivity contribution in [3.8, 4) is 0 Å². The summed E-state index contributed by atoms with van der Waals surface area (Å²) in [6.45, 7) is 4.39. The van der Waals surface area contributed by atoms with Crippen LogP contribution < -0.4 is 10.0 Å². The van der Waals surface area contributed by atoms with Gasteiger partial charge >= 0.3 is 0 Å². The molecule has 120 valence electrons. The lowest BCUT2D eigenvalue weighted by atomic mass is 10.3. The molecule has 7 heteroatoms. The predicted octanol–water partition coefficient (Wildman–Crippen LogP) is 2.11. The number of sulfonamides is 1. The first kappa shape index (κ1) is 16.5. The lowest BCUT2D eigenvalue weighted by molar-refractivity contribution is 0.556. The highest BCUT2D eigenvalue weighted by Crippen LogP contribution is 2.16. The lowest BCUT2D eigenvalue weighted by Gasteiger charge is -2.13. The fourth-order valence-corrected chi connectivity index (χ4v) is 3.33. The summed E-state index contributed by atoms with van der Waals surface area (Å²) in [5, 5.41) is 7.31. The number of nitrogens with zero attached hydrogens (tertiary/aromatic N) is 2. The van der Waals surface area contributed by atoms with Gasteiger partial charge in [-0.25, -0.2) is 13.1 Å². The molecule has 2 N–H and O–H groups in total. The third kappa shape index (κ3) is 4.32. The molecule has 0 amide bonds. The zero-order valence-corrected chi connectivity index (χ0v) is 13.9. The van der Waals surface area contributed by atoms with Gasteiger partial charge in [-0.1, -0.05) is 13.0 Å². The van der Waals surface area contributed by atoms with Gasteiger partial charge in [0.15, 0.2) is 0 Å². The third-order valence-corrected chi connectivity index (χ3v) is 4.96. The quantitative estimate of drug-likeness (QED) is 0.818. The number of nitrogens with one attached hydrogen (secondary N) is 2. The van der Waals surface area contributed by atoms with E-state index in [-0.39, 0.29) is 10.9 Å². The fourth-order valence-electron chi connectivity index (χ4n) is 1.96. The molecule has 0 aliphatic rings. The molecule has 1 unspecified atom stereocenters. The number of anilines is 1. The van der Waals surface area contributed by atoms with Gasteiger partial charge in [-0.2, -0.15) is 5.10 Å². The normalized spacial score (nSPS) is 13.0. The molecule has 1 aromatic carbocycles. The molecule has 2 aromatic rings. The van der Waals surface area contributed by atoms with Gasteiger partial charge < -0.3 is 5.32 Å². The highest BCUT2D eigenvalue weighted by molar-refractivity contribution is 7.89. The molecule has 1 atom stereocenters. The van der Waals surface area contributed by atoms with Gasteiger partial charge in [0, 0.05) is 37.1 Å². The summed E-state index contributed by atoms with van der Waals surface area (Å²) >= 11 is 0. The van der Waals surface area contributed by atoms with Gasteiger partial charge in [0.25, 0.3) is 0 Å². The van der Waals surface area contributed by atoms with Gasteiger partial charge in [-0.15, -0.1) is 0 Å². The van der Waals surface area contributed by atoms with Crippen molar-refractivity contribution in [2.45, 2.75) is 37.8 Å². The topological polar surface area (TPSA) is 76.0 Å². The van der Waals surface area contributed by atoms with Gasteiger partial charge in [-0.3, -0.25) is 4.68 Å². The molecule has 22 heavy (non-hydrogen) atoms. The largest absolute Gasteiger partial charge is 0.381 e. The van der Waals surface area contributed by atoms with Crippen molar-refractivity contribution in [3.05, 3.63) is 42.2 Å². The summed E-state index contributed by atoms with van der Waals surface area (Å²) in [5.74, 6) is 0. The van der Waals surface area contributed by atoms with Gasteiger partial charge in [0.1, 0.15) is 0 Å². The smallest absolute Gasteiger partial charge is 0.240 e. The Morgan fingerprint density at radius 1 is 1.36 bits per heavy atom. The van der Waals surface area contributed by atoms with Gasteiger partial charge in [0.2, 0.25) is 10.0 Å². The van der Waals surface area contributed by atoms with E-state index in [4.69, 9.17) is 0 Å². The summed E-state index contributed by atoms with van der Waals surface area (Å²) in [4.78, 5) is 0.268. The van der Waals surface area contributed by atoms with Crippen molar-refractivity contribution in [3.63, 3.8) is 0 Å². The van der Waals surface area contributed by atoms with Crippen LogP contribution in [0.2, 0.25) is 0 Å². The van der Waals surface area contributed by atoms with Crippen molar-refractivity contribution < 1.29 is 8.42 Å². The second kappa shape index (κ2) is 6.93. The van der Waals surface area contributed by atoms with Crippen LogP contribution in [0.25, 0.3) is 0 Å². The van der Waals surface area contributed by atoms with Crippen LogP contribution in [0.15, 0.2) is 41.6 Å². The minimum Gasteiger partial charge on any atom is -0.381 e. The molecule has 0 fully saturated rings. The van der Waals surface area contributed by atoms with Crippen molar-refractivity contribution in [1.29, 1.82) is 0 Å². The van der Waals surface area contributed by atoms with Crippen LogP contribution in [-0.4, -0.2) is 24.2 Å². The van der Waals surface area contributed by atoms with Crippen molar-refractivity contribution in [1.82, 2.24) is 14.5 Å². The minimum atomic E-state index is -3.48. The van der Waals surface area contributed by atoms with E-state index < -0.39 is 10.0 Å². The molecule has 1 aromatic heterocycles. The first-order valence-corrected chi connectivity index (χ1v) is 8.73. The number of hydrogen-bond acceptors (Lipinski definition) is 4. The number of rotatable bonds is 7. The number of aryl methyl sites for hydroxylation is 1. The van der Waals surface area contributed by atoms with E-state index in [9.17, 15) is 8.42 Å². The SMILES string of the molecule is CCC(C)NS(=O)(=O)c1cccc(NCc2cnn(C)c2)c1. The minimum absolute atomic E-state index is 0.0861. The Morgan fingerprint density at radius 3 is 2.77 bits per heavy atom. The van der Waals surface area contributed by atoms with Gasteiger partial charge in [-0.05, 0) is 31.5 Å². The summed E-state index contributed by atoms with van der Waals surface area (Å²) in [6.07, 6.45) is 4.44. The van der Waals surface area contributed by atoms with Crippen LogP contribution in [0.4, 0.5) is 5.69 Å². The molecular formula is C15H22N4O2S. The van der Waals surface area contributed by atoms with E-state index in [1.165, 1.54) is 0 Å². The summed E-state index contributed by atoms with van der Waals surface area (Å²) in [7, 11) is -1.62. The molecular weight excluding hydrogens is 300 g/mol. The summed E-state index contributed by atoms with van der Waals surface area (Å²) in [6, 6.07) is 6.73. The zero-order chi connectivity index (χ0) is 16.2. The van der Waals surface area contributed by atoms with Crippen LogP contribution in [0, 0.1) is 0 Å². The molecule has 0 saturated carbocycles. The molecule has 0 bridgehead atoms. The van der Waals surface area contributed by atoms with Crippen LogP contribution in [-0.2, 0) is 23.6 Å².